The van der Waals surface area contributed by atoms with E-state index in [1.807, 2.05) is 0 Å². The Morgan fingerprint density at radius 2 is 2.07 bits per heavy atom. The molecule has 6 heteroatoms. The fraction of sp³-hybridized carbons (Fsp3) is 0.333. The van der Waals surface area contributed by atoms with Gasteiger partial charge in [-0.25, -0.2) is 9.36 Å². The highest BCUT2D eigenvalue weighted by Crippen LogP contribution is 1.86. The minimum absolute atomic E-state index is 0.133. The standard InChI is InChI=1S/C9H8N4O2/c1-2-12-6-7(5-11)8(14)13(4-3-10)9(12)15/h6H,2,4H2,1H3. The van der Waals surface area contributed by atoms with Crippen molar-refractivity contribution in [2.45, 2.75) is 20.0 Å². The maximum Gasteiger partial charge on any atom is 0.331 e. The Bertz CT molecular complexity index is 568. The lowest BCUT2D eigenvalue weighted by molar-refractivity contribution is 0.606. The van der Waals surface area contributed by atoms with E-state index in [0.717, 1.165) is 4.57 Å². The van der Waals surface area contributed by atoms with Crippen molar-refractivity contribution >= 4 is 0 Å². The van der Waals surface area contributed by atoms with E-state index in [-0.39, 0.29) is 12.1 Å². The van der Waals surface area contributed by atoms with Crippen LogP contribution in [0.4, 0.5) is 0 Å². The van der Waals surface area contributed by atoms with E-state index in [0.29, 0.717) is 6.54 Å². The molecule has 0 N–H and O–H groups in total. The largest absolute Gasteiger partial charge is 0.331 e. The molecule has 0 saturated heterocycles. The molecule has 0 aliphatic rings. The normalized spacial score (nSPS) is 9.27. The van der Waals surface area contributed by atoms with Crippen LogP contribution in [-0.2, 0) is 13.1 Å². The Morgan fingerprint density at radius 1 is 1.40 bits per heavy atom. The average molecular weight is 204 g/mol. The van der Waals surface area contributed by atoms with E-state index < -0.39 is 11.2 Å². The van der Waals surface area contributed by atoms with Crippen LogP contribution in [0.25, 0.3) is 0 Å². The van der Waals surface area contributed by atoms with Gasteiger partial charge in [0.25, 0.3) is 5.56 Å². The van der Waals surface area contributed by atoms with E-state index in [1.165, 1.54) is 10.8 Å². The summed E-state index contributed by atoms with van der Waals surface area (Å²) in [5.74, 6) is 0. The van der Waals surface area contributed by atoms with Crippen molar-refractivity contribution in [3.8, 4) is 12.1 Å². The number of rotatable bonds is 2. The summed E-state index contributed by atoms with van der Waals surface area (Å²) in [6, 6.07) is 3.40. The predicted molar refractivity (Wildman–Crippen MR) is 51.0 cm³/mol. The van der Waals surface area contributed by atoms with Gasteiger partial charge in [-0.05, 0) is 6.92 Å². The second kappa shape index (κ2) is 4.25. The van der Waals surface area contributed by atoms with Crippen molar-refractivity contribution in [3.63, 3.8) is 0 Å². The van der Waals surface area contributed by atoms with Crippen molar-refractivity contribution in [3.05, 3.63) is 32.6 Å². The Morgan fingerprint density at radius 3 is 2.53 bits per heavy atom. The van der Waals surface area contributed by atoms with Gasteiger partial charge in [-0.2, -0.15) is 10.5 Å². The molecule has 0 amide bonds. The Labute approximate surface area is 85.2 Å². The Kier molecular flexibility index (Phi) is 3.04. The summed E-state index contributed by atoms with van der Waals surface area (Å²) in [6.45, 7) is 1.72. The summed E-state index contributed by atoms with van der Waals surface area (Å²) in [5.41, 5.74) is -1.41. The molecular formula is C9H8N4O2. The summed E-state index contributed by atoms with van der Waals surface area (Å²) in [6.07, 6.45) is 1.21. The summed E-state index contributed by atoms with van der Waals surface area (Å²) < 4.78 is 1.97. The molecule has 1 heterocycles. The van der Waals surface area contributed by atoms with Crippen molar-refractivity contribution in [1.82, 2.24) is 9.13 Å². The third-order valence-electron chi connectivity index (χ3n) is 1.93. The van der Waals surface area contributed by atoms with Gasteiger partial charge in [-0.3, -0.25) is 9.36 Å². The number of aryl methyl sites for hydroxylation is 1. The van der Waals surface area contributed by atoms with Crippen molar-refractivity contribution in [1.29, 1.82) is 10.5 Å². The smallest absolute Gasteiger partial charge is 0.299 e. The topological polar surface area (TPSA) is 91.6 Å². The second-order valence-electron chi connectivity index (χ2n) is 2.77. The highest BCUT2D eigenvalue weighted by Gasteiger charge is 2.09. The zero-order valence-corrected chi connectivity index (χ0v) is 8.10. The summed E-state index contributed by atoms with van der Waals surface area (Å²) in [4.78, 5) is 23.0. The van der Waals surface area contributed by atoms with Crippen molar-refractivity contribution < 1.29 is 0 Å². The zero-order valence-electron chi connectivity index (χ0n) is 8.10. The van der Waals surface area contributed by atoms with Crippen LogP contribution in [0.5, 0.6) is 0 Å². The van der Waals surface area contributed by atoms with E-state index in [2.05, 4.69) is 0 Å². The molecule has 1 aromatic rings. The number of hydrogen-bond acceptors (Lipinski definition) is 4. The van der Waals surface area contributed by atoms with Crippen LogP contribution in [0.3, 0.4) is 0 Å². The summed E-state index contributed by atoms with van der Waals surface area (Å²) in [5, 5.41) is 17.1. The van der Waals surface area contributed by atoms with E-state index in [1.54, 1.807) is 19.1 Å². The first-order valence-electron chi connectivity index (χ1n) is 4.27. The highest BCUT2D eigenvalue weighted by atomic mass is 16.2. The molecule has 0 aromatic carbocycles. The molecule has 0 fully saturated rings. The van der Waals surface area contributed by atoms with Crippen LogP contribution < -0.4 is 11.2 Å². The maximum atomic E-state index is 11.5. The van der Waals surface area contributed by atoms with Crippen LogP contribution in [-0.4, -0.2) is 9.13 Å². The highest BCUT2D eigenvalue weighted by molar-refractivity contribution is 5.22. The molecule has 0 saturated carbocycles. The molecule has 1 rings (SSSR count). The third kappa shape index (κ3) is 1.79. The second-order valence-corrected chi connectivity index (χ2v) is 2.77. The number of hydrogen-bond donors (Lipinski definition) is 0. The van der Waals surface area contributed by atoms with E-state index in [4.69, 9.17) is 10.5 Å². The van der Waals surface area contributed by atoms with Gasteiger partial charge in [0.05, 0.1) is 6.07 Å². The predicted octanol–water partition coefficient (Wildman–Crippen LogP) is -0.575. The first-order chi connectivity index (χ1) is 7.15. The van der Waals surface area contributed by atoms with Crippen molar-refractivity contribution in [2.24, 2.45) is 0 Å². The van der Waals surface area contributed by atoms with Gasteiger partial charge in [0.15, 0.2) is 0 Å². The van der Waals surface area contributed by atoms with E-state index >= 15 is 0 Å². The molecule has 15 heavy (non-hydrogen) atoms. The SMILES string of the molecule is CCn1cc(C#N)c(=O)n(CC#N)c1=O. The number of nitrogens with zero attached hydrogens (tertiary/aromatic N) is 4. The minimum atomic E-state index is -0.714. The zero-order chi connectivity index (χ0) is 11.4. The lowest BCUT2D eigenvalue weighted by Gasteiger charge is -2.05. The summed E-state index contributed by atoms with van der Waals surface area (Å²) >= 11 is 0. The third-order valence-corrected chi connectivity index (χ3v) is 1.93. The first-order valence-corrected chi connectivity index (χ1v) is 4.27. The number of nitriles is 2. The van der Waals surface area contributed by atoms with Gasteiger partial charge in [-0.15, -0.1) is 0 Å². The lowest BCUT2D eigenvalue weighted by atomic mass is 10.3. The monoisotopic (exact) mass is 204 g/mol. The summed E-state index contributed by atoms with van der Waals surface area (Å²) in [7, 11) is 0. The molecule has 0 unspecified atom stereocenters. The fourth-order valence-corrected chi connectivity index (χ4v) is 1.17. The van der Waals surface area contributed by atoms with Crippen LogP contribution in [0.15, 0.2) is 15.8 Å². The molecule has 76 valence electrons. The van der Waals surface area contributed by atoms with Gasteiger partial charge in [0, 0.05) is 12.7 Å². The average Bonchev–Trinajstić information content (AvgIpc) is 2.25. The molecule has 0 aliphatic heterocycles. The quantitative estimate of drug-likeness (QED) is 0.644. The Balaban J connectivity index is 3.65. The number of aromatic nitrogens is 2. The van der Waals surface area contributed by atoms with Gasteiger partial charge in [0.2, 0.25) is 0 Å². The molecular weight excluding hydrogens is 196 g/mol. The Hall–Kier alpha value is -2.34. The van der Waals surface area contributed by atoms with Gasteiger partial charge >= 0.3 is 5.69 Å². The molecule has 1 aromatic heterocycles. The first kappa shape index (κ1) is 10.7. The van der Waals surface area contributed by atoms with Crippen LogP contribution in [0.2, 0.25) is 0 Å². The molecule has 0 bridgehead atoms. The minimum Gasteiger partial charge on any atom is -0.299 e. The van der Waals surface area contributed by atoms with Gasteiger partial charge in [-0.1, -0.05) is 0 Å². The maximum absolute atomic E-state index is 11.5. The molecule has 0 atom stereocenters. The van der Waals surface area contributed by atoms with E-state index in [9.17, 15) is 9.59 Å². The van der Waals surface area contributed by atoms with Gasteiger partial charge < -0.3 is 0 Å². The van der Waals surface area contributed by atoms with Crippen LogP contribution in [0.1, 0.15) is 12.5 Å². The van der Waals surface area contributed by atoms with Crippen LogP contribution >= 0.6 is 0 Å². The molecule has 6 nitrogen and oxygen atoms in total. The molecule has 0 aliphatic carbocycles. The lowest BCUT2D eigenvalue weighted by Crippen LogP contribution is -2.40. The molecule has 0 radical (unpaired) electrons. The fourth-order valence-electron chi connectivity index (χ4n) is 1.17. The molecule has 0 spiro atoms. The van der Waals surface area contributed by atoms with Gasteiger partial charge in [0.1, 0.15) is 18.2 Å². The van der Waals surface area contributed by atoms with Crippen LogP contribution in [0, 0.1) is 22.7 Å². The van der Waals surface area contributed by atoms with Crippen molar-refractivity contribution in [2.75, 3.05) is 0 Å².